The van der Waals surface area contributed by atoms with Crippen LogP contribution >= 0.6 is 0 Å². The summed E-state index contributed by atoms with van der Waals surface area (Å²) in [4.78, 5) is 26.0. The first kappa shape index (κ1) is 19.4. The van der Waals surface area contributed by atoms with Crippen molar-refractivity contribution in [1.29, 1.82) is 0 Å². The molecular formula is C19H17F2NO4. The highest BCUT2D eigenvalue weighted by atomic mass is 19.1. The molecule has 2 atom stereocenters. The molecule has 0 fully saturated rings. The molecule has 2 aromatic carbocycles. The van der Waals surface area contributed by atoms with Crippen molar-refractivity contribution in [2.75, 3.05) is 0 Å². The number of hydrogen-bond donors (Lipinski definition) is 1. The fraction of sp³-hybridized carbons (Fsp3) is 0.263. The van der Waals surface area contributed by atoms with E-state index in [1.807, 2.05) is 0 Å². The molecule has 0 aromatic heterocycles. The highest BCUT2D eigenvalue weighted by Crippen LogP contribution is 2.32. The normalized spacial score (nSPS) is 14.1. The minimum atomic E-state index is -2.22. The lowest BCUT2D eigenvalue weighted by atomic mass is 9.91. The summed E-state index contributed by atoms with van der Waals surface area (Å²) in [6.45, 7) is 1.43. The summed E-state index contributed by atoms with van der Waals surface area (Å²) in [6.07, 6.45) is 0.896. The molecule has 136 valence electrons. The summed E-state index contributed by atoms with van der Waals surface area (Å²) in [5.74, 6) is -3.75. The Bertz CT molecular complexity index is 818. The Kier molecular flexibility index (Phi) is 6.33. The van der Waals surface area contributed by atoms with E-state index in [4.69, 9.17) is 4.74 Å². The van der Waals surface area contributed by atoms with Crippen LogP contribution in [0.25, 0.3) is 0 Å². The maximum Gasteiger partial charge on any atom is 0.360 e. The second-order valence-corrected chi connectivity index (χ2v) is 5.84. The van der Waals surface area contributed by atoms with Crippen LogP contribution in [0.1, 0.15) is 30.4 Å². The monoisotopic (exact) mass is 361 g/mol. The van der Waals surface area contributed by atoms with Gasteiger partial charge in [-0.15, -0.1) is 0 Å². The summed E-state index contributed by atoms with van der Waals surface area (Å²) in [5, 5.41) is 9.59. The van der Waals surface area contributed by atoms with Crippen LogP contribution in [-0.4, -0.2) is 22.9 Å². The molecule has 0 aliphatic heterocycles. The molecule has 0 saturated heterocycles. The van der Waals surface area contributed by atoms with E-state index in [0.29, 0.717) is 11.6 Å². The predicted molar refractivity (Wildman–Crippen MR) is 89.1 cm³/mol. The Hall–Kier alpha value is -2.89. The first-order valence-electron chi connectivity index (χ1n) is 7.83. The predicted octanol–water partition coefficient (Wildman–Crippen LogP) is 3.79. The zero-order valence-electron chi connectivity index (χ0n) is 14.0. The Morgan fingerprint density at radius 1 is 1.27 bits per heavy atom. The Morgan fingerprint density at radius 3 is 2.54 bits per heavy atom. The molecule has 0 saturated carbocycles. The molecule has 0 aliphatic rings. The van der Waals surface area contributed by atoms with Gasteiger partial charge in [-0.25, -0.2) is 18.4 Å². The molecular weight excluding hydrogens is 344 g/mol. The molecule has 0 radical (unpaired) electrons. The average molecular weight is 361 g/mol. The van der Waals surface area contributed by atoms with Crippen LogP contribution in [0.4, 0.5) is 8.78 Å². The molecule has 0 amide bonds. The Labute approximate surface area is 149 Å². The van der Waals surface area contributed by atoms with Crippen LogP contribution in [0.2, 0.25) is 0 Å². The van der Waals surface area contributed by atoms with Gasteiger partial charge in [-0.1, -0.05) is 43.3 Å². The van der Waals surface area contributed by atoms with Gasteiger partial charge >= 0.3 is 5.97 Å². The zero-order chi connectivity index (χ0) is 19.2. The van der Waals surface area contributed by atoms with Gasteiger partial charge in [0.25, 0.3) is 5.72 Å². The molecule has 0 bridgehead atoms. The summed E-state index contributed by atoms with van der Waals surface area (Å²) in [5.41, 5.74) is -1.45. The van der Waals surface area contributed by atoms with Crippen molar-refractivity contribution in [3.8, 4) is 0 Å². The van der Waals surface area contributed by atoms with Crippen molar-refractivity contribution in [3.05, 3.63) is 71.3 Å². The molecule has 7 heteroatoms. The number of isocyanates is 1. The van der Waals surface area contributed by atoms with Crippen LogP contribution in [0.3, 0.4) is 0 Å². The SMILES string of the molecule is CC(CC(N=C=O)(OCc1ccccc1)C(=O)O)c1ccc(F)cc1F. The van der Waals surface area contributed by atoms with Gasteiger partial charge in [-0.3, -0.25) is 0 Å². The van der Waals surface area contributed by atoms with Gasteiger partial charge in [-0.05, 0) is 23.1 Å². The maximum atomic E-state index is 14.0. The van der Waals surface area contributed by atoms with Crippen LogP contribution < -0.4 is 0 Å². The van der Waals surface area contributed by atoms with Crippen LogP contribution in [-0.2, 0) is 20.9 Å². The number of nitrogens with zero attached hydrogens (tertiary/aromatic N) is 1. The first-order valence-corrected chi connectivity index (χ1v) is 7.83. The maximum absolute atomic E-state index is 14.0. The van der Waals surface area contributed by atoms with Gasteiger partial charge in [0.2, 0.25) is 6.08 Å². The molecule has 0 heterocycles. The quantitative estimate of drug-likeness (QED) is 0.573. The second-order valence-electron chi connectivity index (χ2n) is 5.84. The van der Waals surface area contributed by atoms with Crippen molar-refractivity contribution in [2.45, 2.75) is 31.6 Å². The minimum Gasteiger partial charge on any atom is -0.478 e. The molecule has 26 heavy (non-hydrogen) atoms. The van der Waals surface area contributed by atoms with Crippen molar-refractivity contribution < 1.29 is 28.2 Å². The fourth-order valence-corrected chi connectivity index (χ4v) is 2.61. The minimum absolute atomic E-state index is 0.0986. The fourth-order valence-electron chi connectivity index (χ4n) is 2.61. The lowest BCUT2D eigenvalue weighted by Gasteiger charge is -2.27. The number of benzene rings is 2. The summed E-state index contributed by atoms with van der Waals surface area (Å²) >= 11 is 0. The Balaban J connectivity index is 2.28. The van der Waals surface area contributed by atoms with E-state index in [0.717, 1.165) is 6.07 Å². The van der Waals surface area contributed by atoms with Crippen molar-refractivity contribution in [1.82, 2.24) is 0 Å². The molecule has 2 aromatic rings. The van der Waals surface area contributed by atoms with Gasteiger partial charge in [0.15, 0.2) is 0 Å². The second kappa shape index (κ2) is 8.47. The topological polar surface area (TPSA) is 76.0 Å². The smallest absolute Gasteiger partial charge is 0.360 e. The first-order chi connectivity index (χ1) is 12.4. The third-order valence-corrected chi connectivity index (χ3v) is 3.96. The van der Waals surface area contributed by atoms with Crippen molar-refractivity contribution in [2.24, 2.45) is 4.99 Å². The largest absolute Gasteiger partial charge is 0.478 e. The summed E-state index contributed by atoms with van der Waals surface area (Å²) in [7, 11) is 0. The van der Waals surface area contributed by atoms with Crippen LogP contribution in [0, 0.1) is 11.6 Å². The number of carbonyl (C=O) groups excluding carboxylic acids is 1. The molecule has 2 rings (SSSR count). The van der Waals surface area contributed by atoms with Gasteiger partial charge in [0.1, 0.15) is 11.6 Å². The number of aliphatic imine (C=N–C) groups is 1. The highest BCUT2D eigenvalue weighted by Gasteiger charge is 2.42. The van der Waals surface area contributed by atoms with E-state index in [1.54, 1.807) is 37.3 Å². The van der Waals surface area contributed by atoms with Gasteiger partial charge < -0.3 is 9.84 Å². The number of rotatable bonds is 8. The van der Waals surface area contributed by atoms with E-state index in [1.165, 1.54) is 12.1 Å². The number of carboxylic acid groups (broad SMARTS) is 1. The number of carboxylic acids is 1. The number of halogens is 2. The van der Waals surface area contributed by atoms with E-state index >= 15 is 0 Å². The standard InChI is InChI=1S/C19H17F2NO4/c1-13(16-8-7-15(20)9-17(16)21)10-19(18(24)25,22-12-23)26-11-14-5-3-2-4-6-14/h2-9,13H,10-11H2,1H3,(H,24,25). The lowest BCUT2D eigenvalue weighted by molar-refractivity contribution is -0.168. The van der Waals surface area contributed by atoms with Crippen molar-refractivity contribution in [3.63, 3.8) is 0 Å². The van der Waals surface area contributed by atoms with Gasteiger partial charge in [0, 0.05) is 12.5 Å². The third-order valence-electron chi connectivity index (χ3n) is 3.96. The van der Waals surface area contributed by atoms with Gasteiger partial charge in [0.05, 0.1) is 6.61 Å². The van der Waals surface area contributed by atoms with Crippen molar-refractivity contribution >= 4 is 12.0 Å². The summed E-state index contributed by atoms with van der Waals surface area (Å²) in [6, 6.07) is 11.7. The molecule has 0 spiro atoms. The van der Waals surface area contributed by atoms with Crippen LogP contribution in [0.5, 0.6) is 0 Å². The number of carbonyl (C=O) groups is 1. The van der Waals surface area contributed by atoms with Crippen LogP contribution in [0.15, 0.2) is 53.5 Å². The Morgan fingerprint density at radius 2 is 1.96 bits per heavy atom. The molecule has 1 N–H and O–H groups in total. The number of hydrogen-bond acceptors (Lipinski definition) is 4. The highest BCUT2D eigenvalue weighted by molar-refractivity contribution is 5.78. The van der Waals surface area contributed by atoms with Gasteiger partial charge in [-0.2, -0.15) is 4.99 Å². The summed E-state index contributed by atoms with van der Waals surface area (Å²) < 4.78 is 32.5. The number of aliphatic carboxylic acids is 1. The molecule has 5 nitrogen and oxygen atoms in total. The lowest BCUT2D eigenvalue weighted by Crippen LogP contribution is -2.41. The third kappa shape index (κ3) is 4.59. The van der Waals surface area contributed by atoms with E-state index in [-0.39, 0.29) is 18.6 Å². The van der Waals surface area contributed by atoms with E-state index in [9.17, 15) is 23.5 Å². The average Bonchev–Trinajstić information content (AvgIpc) is 2.60. The molecule has 2 unspecified atom stereocenters. The van der Waals surface area contributed by atoms with E-state index < -0.39 is 29.2 Å². The molecule has 0 aliphatic carbocycles. The van der Waals surface area contributed by atoms with E-state index in [2.05, 4.69) is 4.99 Å². The number of ether oxygens (including phenoxy) is 1. The zero-order valence-corrected chi connectivity index (χ0v) is 14.0.